The van der Waals surface area contributed by atoms with Crippen LogP contribution in [0.25, 0.3) is 10.9 Å². The summed E-state index contributed by atoms with van der Waals surface area (Å²) >= 11 is 0. The van der Waals surface area contributed by atoms with E-state index in [0.717, 1.165) is 50.0 Å². The number of likely N-dealkylation sites (tertiary alicyclic amines) is 1. The van der Waals surface area contributed by atoms with E-state index in [4.69, 9.17) is 0 Å². The van der Waals surface area contributed by atoms with Crippen LogP contribution in [0.4, 0.5) is 11.4 Å². The van der Waals surface area contributed by atoms with Crippen molar-refractivity contribution in [3.05, 3.63) is 53.7 Å². The molecule has 3 N–H and O–H groups in total. The van der Waals surface area contributed by atoms with E-state index in [2.05, 4.69) is 61.7 Å². The maximum atomic E-state index is 9.32. The highest BCUT2D eigenvalue weighted by Crippen LogP contribution is 2.29. The van der Waals surface area contributed by atoms with E-state index in [1.54, 1.807) is 0 Å². The van der Waals surface area contributed by atoms with Crippen molar-refractivity contribution in [3.8, 4) is 0 Å². The van der Waals surface area contributed by atoms with Gasteiger partial charge in [0.2, 0.25) is 0 Å². The number of aromatic amines is 1. The number of nitrogens with one attached hydrogen (secondary N) is 2. The molecule has 1 atom stereocenters. The summed E-state index contributed by atoms with van der Waals surface area (Å²) in [4.78, 5) is 4.87. The van der Waals surface area contributed by atoms with Gasteiger partial charge in [0.05, 0.1) is 18.3 Å². The van der Waals surface area contributed by atoms with Crippen LogP contribution in [0.2, 0.25) is 0 Å². The molecule has 3 aromatic rings. The highest BCUT2D eigenvalue weighted by molar-refractivity contribution is 5.81. The van der Waals surface area contributed by atoms with Crippen molar-refractivity contribution in [1.82, 2.24) is 15.1 Å². The lowest BCUT2D eigenvalue weighted by molar-refractivity contribution is 0.208. The minimum Gasteiger partial charge on any atom is -0.395 e. The maximum absolute atomic E-state index is 9.32. The van der Waals surface area contributed by atoms with E-state index >= 15 is 0 Å². The van der Waals surface area contributed by atoms with Gasteiger partial charge in [-0.1, -0.05) is 12.1 Å². The molecule has 6 heteroatoms. The molecule has 2 aliphatic rings. The van der Waals surface area contributed by atoms with Gasteiger partial charge in [-0.2, -0.15) is 5.10 Å². The Bertz CT molecular complexity index is 982. The number of nitrogens with zero attached hydrogens (tertiary/aromatic N) is 3. The molecule has 0 amide bonds. The quantitative estimate of drug-likeness (QED) is 0.603. The molecular weight excluding hydrogens is 362 g/mol. The molecule has 1 saturated heterocycles. The van der Waals surface area contributed by atoms with E-state index in [9.17, 15) is 5.11 Å². The highest BCUT2D eigenvalue weighted by atomic mass is 16.3. The van der Waals surface area contributed by atoms with Gasteiger partial charge >= 0.3 is 0 Å². The Balaban J connectivity index is 1.24. The Labute approximate surface area is 171 Å². The zero-order chi connectivity index (χ0) is 19.6. The minimum atomic E-state index is 0.216. The van der Waals surface area contributed by atoms with Crippen molar-refractivity contribution in [2.75, 3.05) is 43.0 Å². The summed E-state index contributed by atoms with van der Waals surface area (Å²) in [6.07, 6.45) is 5.38. The first-order valence-electron chi connectivity index (χ1n) is 10.7. The molecule has 6 nitrogen and oxygen atoms in total. The van der Waals surface area contributed by atoms with Crippen LogP contribution in [0, 0.1) is 0 Å². The number of β-amino-alcohol motifs (C(OH)–C–C–N with tert-alkyl or cyclic N) is 1. The van der Waals surface area contributed by atoms with Crippen molar-refractivity contribution in [3.63, 3.8) is 0 Å². The van der Waals surface area contributed by atoms with E-state index in [1.165, 1.54) is 35.3 Å². The number of piperidine rings is 1. The summed E-state index contributed by atoms with van der Waals surface area (Å²) in [6.45, 7) is 5.16. The first-order chi connectivity index (χ1) is 14.3. The second-order valence-corrected chi connectivity index (χ2v) is 8.31. The molecule has 152 valence electrons. The number of anilines is 2. The number of rotatable bonds is 6. The Morgan fingerprint density at radius 1 is 1.17 bits per heavy atom. The van der Waals surface area contributed by atoms with Crippen LogP contribution in [-0.4, -0.2) is 59.0 Å². The number of H-pyrrole nitrogens is 1. The molecule has 29 heavy (non-hydrogen) atoms. The third-order valence-electron chi connectivity index (χ3n) is 6.23. The van der Waals surface area contributed by atoms with Crippen LogP contribution in [0.15, 0.2) is 42.6 Å². The summed E-state index contributed by atoms with van der Waals surface area (Å²) in [5, 5.41) is 21.3. The molecule has 2 aromatic carbocycles. The second kappa shape index (κ2) is 8.05. The lowest BCUT2D eigenvalue weighted by atomic mass is 10.0. The number of hydrogen-bond acceptors (Lipinski definition) is 5. The number of benzene rings is 2. The predicted octanol–water partition coefficient (Wildman–Crippen LogP) is 2.99. The highest BCUT2D eigenvalue weighted by Gasteiger charge is 2.22. The first-order valence-corrected chi connectivity index (χ1v) is 10.7. The second-order valence-electron chi connectivity index (χ2n) is 8.31. The molecule has 0 radical (unpaired) electrons. The van der Waals surface area contributed by atoms with Crippen LogP contribution in [-0.2, 0) is 13.0 Å². The van der Waals surface area contributed by atoms with Gasteiger partial charge in [-0.25, -0.2) is 0 Å². The topological polar surface area (TPSA) is 67.4 Å². The van der Waals surface area contributed by atoms with Crippen molar-refractivity contribution in [1.29, 1.82) is 0 Å². The zero-order valence-corrected chi connectivity index (χ0v) is 16.8. The van der Waals surface area contributed by atoms with Crippen molar-refractivity contribution in [2.45, 2.75) is 31.8 Å². The van der Waals surface area contributed by atoms with Crippen molar-refractivity contribution in [2.24, 2.45) is 0 Å². The van der Waals surface area contributed by atoms with E-state index in [1.807, 2.05) is 6.20 Å². The fraction of sp³-hybridized carbons (Fsp3) is 0.435. The van der Waals surface area contributed by atoms with E-state index in [0.29, 0.717) is 6.04 Å². The average molecular weight is 392 g/mol. The van der Waals surface area contributed by atoms with Gasteiger partial charge in [0, 0.05) is 49.0 Å². The molecule has 1 fully saturated rings. The number of aliphatic hydroxyl groups excluding tert-OH is 1. The molecule has 1 aromatic heterocycles. The molecular formula is C23H29N5O. The lowest BCUT2D eigenvalue weighted by Gasteiger charge is -2.34. The first kappa shape index (κ1) is 18.5. The Morgan fingerprint density at radius 2 is 2.14 bits per heavy atom. The summed E-state index contributed by atoms with van der Waals surface area (Å²) < 4.78 is 0. The van der Waals surface area contributed by atoms with Gasteiger partial charge < -0.3 is 15.3 Å². The lowest BCUT2D eigenvalue weighted by Crippen LogP contribution is -2.41. The number of hydrogen-bond donors (Lipinski definition) is 3. The zero-order valence-electron chi connectivity index (χ0n) is 16.8. The number of aromatic nitrogens is 2. The third kappa shape index (κ3) is 3.95. The number of fused-ring (bicyclic) bond motifs is 2. The normalized spacial score (nSPS) is 19.6. The Hall–Kier alpha value is -2.57. The Kier molecular flexibility index (Phi) is 5.12. The third-order valence-corrected chi connectivity index (χ3v) is 6.23. The largest absolute Gasteiger partial charge is 0.395 e. The summed E-state index contributed by atoms with van der Waals surface area (Å²) in [7, 11) is 0. The minimum absolute atomic E-state index is 0.216. The molecule has 0 saturated carbocycles. The molecule has 3 heterocycles. The van der Waals surface area contributed by atoms with Crippen LogP contribution in [0.5, 0.6) is 0 Å². The SMILES string of the molecule is OCCN1CCc2ccc(CN3CCC[C@H](Nc4ccc5[nH]ncc5c4)C3)cc21. The molecule has 0 unspecified atom stereocenters. The van der Waals surface area contributed by atoms with E-state index < -0.39 is 0 Å². The molecule has 0 spiro atoms. The van der Waals surface area contributed by atoms with Crippen molar-refractivity contribution < 1.29 is 5.11 Å². The van der Waals surface area contributed by atoms with Crippen LogP contribution < -0.4 is 10.2 Å². The fourth-order valence-electron chi connectivity index (χ4n) is 4.79. The fourth-order valence-corrected chi connectivity index (χ4v) is 4.79. The van der Waals surface area contributed by atoms with Crippen LogP contribution in [0.1, 0.15) is 24.0 Å². The van der Waals surface area contributed by atoms with Gasteiger partial charge in [0.25, 0.3) is 0 Å². The van der Waals surface area contributed by atoms with Crippen LogP contribution in [0.3, 0.4) is 0 Å². The van der Waals surface area contributed by atoms with E-state index in [-0.39, 0.29) is 6.61 Å². The van der Waals surface area contributed by atoms with Gasteiger partial charge in [0.1, 0.15) is 0 Å². The molecule has 0 aliphatic carbocycles. The molecule has 0 bridgehead atoms. The van der Waals surface area contributed by atoms with Gasteiger partial charge in [-0.3, -0.25) is 10.00 Å². The standard InChI is InChI=1S/C23H29N5O/c29-11-10-28-9-7-18-4-3-17(12-23(18)28)15-27-8-1-2-21(16-27)25-20-5-6-22-19(13-20)14-24-26-22/h3-6,12-14,21,25,29H,1-2,7-11,15-16H2,(H,24,26)/t21-/m0/s1. The smallest absolute Gasteiger partial charge is 0.0651 e. The molecule has 5 rings (SSSR count). The van der Waals surface area contributed by atoms with Gasteiger partial charge in [-0.05, 0) is 61.2 Å². The van der Waals surface area contributed by atoms with Crippen LogP contribution >= 0.6 is 0 Å². The Morgan fingerprint density at radius 3 is 3.07 bits per heavy atom. The monoisotopic (exact) mass is 391 g/mol. The average Bonchev–Trinajstić information content (AvgIpc) is 3.35. The molecule has 2 aliphatic heterocycles. The maximum Gasteiger partial charge on any atom is 0.0651 e. The predicted molar refractivity (Wildman–Crippen MR) is 117 cm³/mol. The summed E-state index contributed by atoms with van der Waals surface area (Å²) in [5.41, 5.74) is 6.34. The van der Waals surface area contributed by atoms with Gasteiger partial charge in [-0.15, -0.1) is 0 Å². The van der Waals surface area contributed by atoms with Gasteiger partial charge in [0.15, 0.2) is 0 Å². The summed E-state index contributed by atoms with van der Waals surface area (Å²) in [5.74, 6) is 0. The number of aliphatic hydroxyl groups is 1. The summed E-state index contributed by atoms with van der Waals surface area (Å²) in [6, 6.07) is 13.8. The van der Waals surface area contributed by atoms with Crippen molar-refractivity contribution >= 4 is 22.3 Å².